The Morgan fingerprint density at radius 3 is 2.77 bits per heavy atom. The first-order valence-electron chi connectivity index (χ1n) is 5.87. The molecule has 0 unspecified atom stereocenters. The number of ether oxygens (including phenoxy) is 1. The minimum Gasteiger partial charge on any atom is -0.378 e. The van der Waals surface area contributed by atoms with Crippen molar-refractivity contribution in [3.8, 4) is 0 Å². The van der Waals surface area contributed by atoms with Crippen LogP contribution in [0.5, 0.6) is 0 Å². The fraction of sp³-hybridized carbons (Fsp3) is 1.00. The molecule has 0 saturated heterocycles. The molecule has 0 bridgehead atoms. The highest BCUT2D eigenvalue weighted by Crippen LogP contribution is 2.59. The third kappa shape index (κ3) is 1.63. The highest BCUT2D eigenvalue weighted by atomic mass is 16.5. The molecule has 0 radical (unpaired) electrons. The summed E-state index contributed by atoms with van der Waals surface area (Å²) in [4.78, 5) is 0. The van der Waals surface area contributed by atoms with Gasteiger partial charge in [-0.1, -0.05) is 19.8 Å². The first kappa shape index (κ1) is 9.51. The van der Waals surface area contributed by atoms with Crippen molar-refractivity contribution in [2.45, 2.75) is 46.1 Å². The van der Waals surface area contributed by atoms with Crippen LogP contribution in [0.1, 0.15) is 40.0 Å². The van der Waals surface area contributed by atoms with Crippen molar-refractivity contribution in [3.05, 3.63) is 0 Å². The van der Waals surface area contributed by atoms with Gasteiger partial charge in [0.25, 0.3) is 0 Å². The van der Waals surface area contributed by atoms with Crippen LogP contribution >= 0.6 is 0 Å². The van der Waals surface area contributed by atoms with E-state index >= 15 is 0 Å². The highest BCUT2D eigenvalue weighted by molar-refractivity contribution is 5.04. The minimum atomic E-state index is 0.514. The predicted octanol–water partition coefficient (Wildman–Crippen LogP) is 3.09. The molecule has 0 aliphatic heterocycles. The van der Waals surface area contributed by atoms with E-state index in [1.165, 1.54) is 19.3 Å². The average molecular weight is 182 g/mol. The van der Waals surface area contributed by atoms with Gasteiger partial charge in [-0.25, -0.2) is 0 Å². The molecule has 1 nitrogen and oxygen atoms in total. The van der Waals surface area contributed by atoms with Crippen LogP contribution in [-0.2, 0) is 4.74 Å². The number of hydrogen-bond acceptors (Lipinski definition) is 1. The van der Waals surface area contributed by atoms with Gasteiger partial charge in [0.05, 0.1) is 6.10 Å². The van der Waals surface area contributed by atoms with Crippen LogP contribution in [0.15, 0.2) is 0 Å². The SMILES string of the molecule is CCO[C@H](C)[C@@H]1[C@@H]2CCC[C@H](C)[C@@H]21. The second-order valence-electron chi connectivity index (χ2n) is 4.89. The van der Waals surface area contributed by atoms with Crippen LogP contribution in [0.4, 0.5) is 0 Å². The van der Waals surface area contributed by atoms with Crippen LogP contribution in [0.25, 0.3) is 0 Å². The molecule has 0 N–H and O–H groups in total. The molecule has 0 spiro atoms. The molecule has 13 heavy (non-hydrogen) atoms. The summed E-state index contributed by atoms with van der Waals surface area (Å²) in [6, 6.07) is 0. The van der Waals surface area contributed by atoms with E-state index in [1.807, 2.05) is 0 Å². The van der Waals surface area contributed by atoms with Gasteiger partial charge in [-0.2, -0.15) is 0 Å². The molecule has 5 atom stereocenters. The highest BCUT2D eigenvalue weighted by Gasteiger charge is 2.56. The third-order valence-electron chi connectivity index (χ3n) is 4.12. The molecule has 2 aliphatic carbocycles. The van der Waals surface area contributed by atoms with Crippen LogP contribution < -0.4 is 0 Å². The lowest BCUT2D eigenvalue weighted by atomic mass is 9.91. The molecule has 0 aromatic carbocycles. The summed E-state index contributed by atoms with van der Waals surface area (Å²) < 4.78 is 5.71. The Labute approximate surface area is 81.9 Å². The Morgan fingerprint density at radius 2 is 2.15 bits per heavy atom. The van der Waals surface area contributed by atoms with Crippen molar-refractivity contribution >= 4 is 0 Å². The summed E-state index contributed by atoms with van der Waals surface area (Å²) in [5, 5.41) is 0. The molecule has 1 heteroatoms. The van der Waals surface area contributed by atoms with Crippen LogP contribution in [0.3, 0.4) is 0 Å². The molecule has 2 rings (SSSR count). The lowest BCUT2D eigenvalue weighted by molar-refractivity contribution is 0.0528. The number of fused-ring (bicyclic) bond motifs is 1. The maximum Gasteiger partial charge on any atom is 0.0580 e. The molecule has 2 aliphatic rings. The summed E-state index contributed by atoms with van der Waals surface area (Å²) in [5.41, 5.74) is 0. The molecular formula is C12H22O. The Kier molecular flexibility index (Phi) is 2.64. The number of hydrogen-bond donors (Lipinski definition) is 0. The van der Waals surface area contributed by atoms with Crippen molar-refractivity contribution in [1.29, 1.82) is 0 Å². The molecule has 0 amide bonds. The van der Waals surface area contributed by atoms with Crippen molar-refractivity contribution in [2.24, 2.45) is 23.7 Å². The zero-order valence-corrected chi connectivity index (χ0v) is 9.12. The van der Waals surface area contributed by atoms with Crippen molar-refractivity contribution in [1.82, 2.24) is 0 Å². The van der Waals surface area contributed by atoms with E-state index in [2.05, 4.69) is 20.8 Å². The summed E-state index contributed by atoms with van der Waals surface area (Å²) in [5.74, 6) is 3.89. The van der Waals surface area contributed by atoms with Crippen molar-refractivity contribution in [2.75, 3.05) is 6.61 Å². The Bertz CT molecular complexity index is 178. The molecule has 2 saturated carbocycles. The summed E-state index contributed by atoms with van der Waals surface area (Å²) >= 11 is 0. The van der Waals surface area contributed by atoms with Crippen molar-refractivity contribution < 1.29 is 4.74 Å². The van der Waals surface area contributed by atoms with Gasteiger partial charge in [-0.15, -0.1) is 0 Å². The largest absolute Gasteiger partial charge is 0.378 e. The predicted molar refractivity (Wildman–Crippen MR) is 54.6 cm³/mol. The van der Waals surface area contributed by atoms with Crippen LogP contribution in [0, 0.1) is 23.7 Å². The smallest absolute Gasteiger partial charge is 0.0580 e. The average Bonchev–Trinajstić information content (AvgIpc) is 2.80. The van der Waals surface area contributed by atoms with Gasteiger partial charge in [0, 0.05) is 6.61 Å². The third-order valence-corrected chi connectivity index (χ3v) is 4.12. The fourth-order valence-electron chi connectivity index (χ4n) is 3.52. The van der Waals surface area contributed by atoms with Gasteiger partial charge < -0.3 is 4.74 Å². The van der Waals surface area contributed by atoms with E-state index in [1.54, 1.807) is 0 Å². The van der Waals surface area contributed by atoms with Gasteiger partial charge in [0.15, 0.2) is 0 Å². The monoisotopic (exact) mass is 182 g/mol. The van der Waals surface area contributed by atoms with Gasteiger partial charge in [-0.05, 0) is 43.9 Å². The standard InChI is InChI=1S/C12H22O/c1-4-13-9(3)12-10-7-5-6-8(2)11(10)12/h8-12H,4-7H2,1-3H3/t8-,9+,10+,11-,12+/m0/s1. The van der Waals surface area contributed by atoms with E-state index in [0.717, 1.165) is 30.3 Å². The molecule has 0 aromatic rings. The number of rotatable bonds is 3. The topological polar surface area (TPSA) is 9.23 Å². The molecule has 76 valence electrons. The molecule has 0 heterocycles. The lowest BCUT2D eigenvalue weighted by Gasteiger charge is -2.15. The normalized spacial score (nSPS) is 45.5. The van der Waals surface area contributed by atoms with Crippen molar-refractivity contribution in [3.63, 3.8) is 0 Å². The molecule has 0 aromatic heterocycles. The van der Waals surface area contributed by atoms with E-state index in [-0.39, 0.29) is 0 Å². The Morgan fingerprint density at radius 1 is 1.38 bits per heavy atom. The van der Waals surface area contributed by atoms with Gasteiger partial charge in [-0.3, -0.25) is 0 Å². The summed E-state index contributed by atoms with van der Waals surface area (Å²) in [7, 11) is 0. The zero-order valence-electron chi connectivity index (χ0n) is 9.12. The van der Waals surface area contributed by atoms with Crippen LogP contribution in [-0.4, -0.2) is 12.7 Å². The molecular weight excluding hydrogens is 160 g/mol. The maximum absolute atomic E-state index is 5.71. The summed E-state index contributed by atoms with van der Waals surface area (Å²) in [6.45, 7) is 7.67. The summed E-state index contributed by atoms with van der Waals surface area (Å²) in [6.07, 6.45) is 4.89. The Balaban J connectivity index is 1.89. The zero-order chi connectivity index (χ0) is 9.42. The van der Waals surface area contributed by atoms with E-state index in [4.69, 9.17) is 4.74 Å². The first-order chi connectivity index (χ1) is 6.25. The fourth-order valence-corrected chi connectivity index (χ4v) is 3.52. The minimum absolute atomic E-state index is 0.514. The van der Waals surface area contributed by atoms with E-state index < -0.39 is 0 Å². The quantitative estimate of drug-likeness (QED) is 0.651. The van der Waals surface area contributed by atoms with Gasteiger partial charge >= 0.3 is 0 Å². The van der Waals surface area contributed by atoms with E-state index in [0.29, 0.717) is 6.10 Å². The first-order valence-corrected chi connectivity index (χ1v) is 5.87. The van der Waals surface area contributed by atoms with Gasteiger partial charge in [0.2, 0.25) is 0 Å². The van der Waals surface area contributed by atoms with E-state index in [9.17, 15) is 0 Å². The second kappa shape index (κ2) is 3.61. The van der Waals surface area contributed by atoms with Gasteiger partial charge in [0.1, 0.15) is 0 Å². The van der Waals surface area contributed by atoms with Crippen LogP contribution in [0.2, 0.25) is 0 Å². The lowest BCUT2D eigenvalue weighted by Crippen LogP contribution is -2.13. The Hall–Kier alpha value is -0.0400. The molecule has 2 fully saturated rings. The maximum atomic E-state index is 5.71. The second-order valence-corrected chi connectivity index (χ2v) is 4.89.